The Balaban J connectivity index is 2.54. The van der Waals surface area contributed by atoms with Crippen molar-refractivity contribution in [2.75, 3.05) is 0 Å². The van der Waals surface area contributed by atoms with Crippen LogP contribution in [0, 0.1) is 13.8 Å². The van der Waals surface area contributed by atoms with Gasteiger partial charge in [0.25, 0.3) is 0 Å². The van der Waals surface area contributed by atoms with Crippen molar-refractivity contribution >= 4 is 17.6 Å². The molecule has 0 bridgehead atoms. The number of halogens is 1. The van der Waals surface area contributed by atoms with E-state index in [0.717, 1.165) is 35.5 Å². The maximum Gasteiger partial charge on any atom is 0.335 e. The summed E-state index contributed by atoms with van der Waals surface area (Å²) in [6.45, 7) is 6.91. The first-order valence-electron chi connectivity index (χ1n) is 6.53. The molecule has 5 heteroatoms. The Bertz CT molecular complexity index is 662. The average Bonchev–Trinajstić information content (AvgIpc) is 2.65. The standard InChI is InChI=1S/C15H17ClN2O2/c1-4-7-18-10(3)14(9(2)17-18)12-6-5-11(15(19)20)8-13(12)16/h5-6,8H,4,7H2,1-3H3,(H,19,20). The molecule has 0 unspecified atom stereocenters. The van der Waals surface area contributed by atoms with Gasteiger partial charge in [-0.15, -0.1) is 0 Å². The zero-order valence-corrected chi connectivity index (χ0v) is 12.5. The Kier molecular flexibility index (Phi) is 4.14. The molecule has 1 aromatic carbocycles. The van der Waals surface area contributed by atoms with E-state index in [9.17, 15) is 4.79 Å². The summed E-state index contributed by atoms with van der Waals surface area (Å²) < 4.78 is 1.96. The van der Waals surface area contributed by atoms with Crippen LogP contribution in [0.4, 0.5) is 0 Å². The summed E-state index contributed by atoms with van der Waals surface area (Å²) in [5.41, 5.74) is 3.96. The van der Waals surface area contributed by atoms with E-state index in [1.165, 1.54) is 6.07 Å². The zero-order chi connectivity index (χ0) is 14.9. The number of nitrogens with zero attached hydrogens (tertiary/aromatic N) is 2. The maximum absolute atomic E-state index is 10.9. The van der Waals surface area contributed by atoms with Gasteiger partial charge in [-0.25, -0.2) is 4.79 Å². The lowest BCUT2D eigenvalue weighted by molar-refractivity contribution is 0.0697. The van der Waals surface area contributed by atoms with Crippen LogP contribution in [0.5, 0.6) is 0 Å². The predicted octanol–water partition coefficient (Wildman–Crippen LogP) is 3.93. The van der Waals surface area contributed by atoms with Crippen molar-refractivity contribution in [3.8, 4) is 11.1 Å². The fourth-order valence-electron chi connectivity index (χ4n) is 2.37. The third kappa shape index (κ3) is 2.56. The molecule has 4 nitrogen and oxygen atoms in total. The van der Waals surface area contributed by atoms with Crippen molar-refractivity contribution < 1.29 is 9.90 Å². The van der Waals surface area contributed by atoms with Crippen LogP contribution in [-0.2, 0) is 6.54 Å². The first-order valence-corrected chi connectivity index (χ1v) is 6.90. The molecule has 2 rings (SSSR count). The first-order chi connectivity index (χ1) is 9.45. The number of aromatic nitrogens is 2. The highest BCUT2D eigenvalue weighted by Gasteiger charge is 2.16. The highest BCUT2D eigenvalue weighted by molar-refractivity contribution is 6.33. The fraction of sp³-hybridized carbons (Fsp3) is 0.333. The normalized spacial score (nSPS) is 10.8. The molecule has 0 fully saturated rings. The smallest absolute Gasteiger partial charge is 0.335 e. The molecule has 1 aromatic heterocycles. The summed E-state index contributed by atoms with van der Waals surface area (Å²) in [5.74, 6) is -0.978. The topological polar surface area (TPSA) is 55.1 Å². The number of hydrogen-bond acceptors (Lipinski definition) is 2. The van der Waals surface area contributed by atoms with Gasteiger partial charge >= 0.3 is 5.97 Å². The molecule has 0 aliphatic carbocycles. The van der Waals surface area contributed by atoms with Gasteiger partial charge in [-0.05, 0) is 32.4 Å². The number of aryl methyl sites for hydroxylation is 2. The summed E-state index contributed by atoms with van der Waals surface area (Å²) >= 11 is 6.24. The van der Waals surface area contributed by atoms with Gasteiger partial charge in [-0.1, -0.05) is 24.6 Å². The number of carbonyl (C=O) groups is 1. The van der Waals surface area contributed by atoms with Crippen molar-refractivity contribution in [3.63, 3.8) is 0 Å². The molecule has 0 atom stereocenters. The van der Waals surface area contributed by atoms with E-state index in [2.05, 4.69) is 12.0 Å². The number of hydrogen-bond donors (Lipinski definition) is 1. The molecule has 0 aliphatic rings. The summed E-state index contributed by atoms with van der Waals surface area (Å²) in [6.07, 6.45) is 1.01. The van der Waals surface area contributed by atoms with E-state index in [4.69, 9.17) is 16.7 Å². The minimum absolute atomic E-state index is 0.190. The van der Waals surface area contributed by atoms with E-state index in [1.807, 2.05) is 18.5 Å². The van der Waals surface area contributed by atoms with Gasteiger partial charge in [0.05, 0.1) is 11.3 Å². The van der Waals surface area contributed by atoms with Gasteiger partial charge in [0.15, 0.2) is 0 Å². The van der Waals surface area contributed by atoms with Crippen LogP contribution in [0.1, 0.15) is 35.1 Å². The monoisotopic (exact) mass is 292 g/mol. The van der Waals surface area contributed by atoms with Crippen LogP contribution < -0.4 is 0 Å². The summed E-state index contributed by atoms with van der Waals surface area (Å²) in [4.78, 5) is 10.9. The molecule has 20 heavy (non-hydrogen) atoms. The van der Waals surface area contributed by atoms with Gasteiger partial charge in [-0.2, -0.15) is 5.10 Å². The highest BCUT2D eigenvalue weighted by Crippen LogP contribution is 2.33. The number of carboxylic acid groups (broad SMARTS) is 1. The summed E-state index contributed by atoms with van der Waals surface area (Å²) in [7, 11) is 0. The quantitative estimate of drug-likeness (QED) is 0.929. The van der Waals surface area contributed by atoms with Crippen LogP contribution in [0.3, 0.4) is 0 Å². The molecular weight excluding hydrogens is 276 g/mol. The van der Waals surface area contributed by atoms with E-state index in [1.54, 1.807) is 12.1 Å². The van der Waals surface area contributed by atoms with Crippen molar-refractivity contribution in [2.45, 2.75) is 33.7 Å². The molecular formula is C15H17ClN2O2. The number of rotatable bonds is 4. The van der Waals surface area contributed by atoms with Crippen molar-refractivity contribution in [2.24, 2.45) is 0 Å². The molecule has 0 amide bonds. The van der Waals surface area contributed by atoms with Crippen molar-refractivity contribution in [1.82, 2.24) is 9.78 Å². The van der Waals surface area contributed by atoms with Gasteiger partial charge < -0.3 is 5.11 Å². The van der Waals surface area contributed by atoms with E-state index in [-0.39, 0.29) is 5.56 Å². The third-order valence-corrected chi connectivity index (χ3v) is 3.61. The zero-order valence-electron chi connectivity index (χ0n) is 11.8. The second kappa shape index (κ2) is 5.67. The Morgan fingerprint density at radius 1 is 1.40 bits per heavy atom. The van der Waals surface area contributed by atoms with Crippen LogP contribution in [-0.4, -0.2) is 20.9 Å². The minimum atomic E-state index is -0.978. The lowest BCUT2D eigenvalue weighted by Gasteiger charge is -2.07. The molecule has 0 spiro atoms. The number of aromatic carboxylic acids is 1. The first kappa shape index (κ1) is 14.6. The van der Waals surface area contributed by atoms with E-state index in [0.29, 0.717) is 5.02 Å². The summed E-state index contributed by atoms with van der Waals surface area (Å²) in [6, 6.07) is 4.80. The van der Waals surface area contributed by atoms with Crippen LogP contribution >= 0.6 is 11.6 Å². The number of benzene rings is 1. The minimum Gasteiger partial charge on any atom is -0.478 e. The fourth-order valence-corrected chi connectivity index (χ4v) is 2.64. The molecule has 0 saturated carbocycles. The van der Waals surface area contributed by atoms with Crippen LogP contribution in [0.2, 0.25) is 5.02 Å². The Labute approximate surface area is 123 Å². The largest absolute Gasteiger partial charge is 0.478 e. The molecule has 0 aliphatic heterocycles. The van der Waals surface area contributed by atoms with E-state index < -0.39 is 5.97 Å². The number of carboxylic acids is 1. The highest BCUT2D eigenvalue weighted by atomic mass is 35.5. The second-order valence-electron chi connectivity index (χ2n) is 4.77. The third-order valence-electron chi connectivity index (χ3n) is 3.30. The molecule has 106 valence electrons. The lowest BCUT2D eigenvalue weighted by atomic mass is 10.0. The van der Waals surface area contributed by atoms with Gasteiger partial charge in [-0.3, -0.25) is 4.68 Å². The Hall–Kier alpha value is -1.81. The van der Waals surface area contributed by atoms with Crippen LogP contribution in [0.25, 0.3) is 11.1 Å². The van der Waals surface area contributed by atoms with Crippen molar-refractivity contribution in [3.05, 3.63) is 40.2 Å². The molecule has 0 saturated heterocycles. The molecule has 1 N–H and O–H groups in total. The van der Waals surface area contributed by atoms with Crippen molar-refractivity contribution in [1.29, 1.82) is 0 Å². The second-order valence-corrected chi connectivity index (χ2v) is 5.18. The maximum atomic E-state index is 10.9. The lowest BCUT2D eigenvalue weighted by Crippen LogP contribution is -2.01. The Morgan fingerprint density at radius 3 is 2.65 bits per heavy atom. The molecule has 2 aromatic rings. The summed E-state index contributed by atoms with van der Waals surface area (Å²) in [5, 5.41) is 13.9. The predicted molar refractivity (Wildman–Crippen MR) is 79.4 cm³/mol. The molecule has 0 radical (unpaired) electrons. The average molecular weight is 293 g/mol. The van der Waals surface area contributed by atoms with E-state index >= 15 is 0 Å². The van der Waals surface area contributed by atoms with Gasteiger partial charge in [0.2, 0.25) is 0 Å². The Morgan fingerprint density at radius 2 is 2.10 bits per heavy atom. The van der Waals surface area contributed by atoms with Gasteiger partial charge in [0, 0.05) is 28.4 Å². The van der Waals surface area contributed by atoms with Crippen LogP contribution in [0.15, 0.2) is 18.2 Å². The van der Waals surface area contributed by atoms with Gasteiger partial charge in [0.1, 0.15) is 0 Å². The SMILES string of the molecule is CCCn1nc(C)c(-c2ccc(C(=O)O)cc2Cl)c1C. The molecule has 1 heterocycles.